The third kappa shape index (κ3) is 4.16. The molecule has 156 valence electrons. The van der Waals surface area contributed by atoms with Crippen molar-refractivity contribution in [1.29, 1.82) is 0 Å². The first-order chi connectivity index (χ1) is 14.4. The van der Waals surface area contributed by atoms with E-state index in [-0.39, 0.29) is 17.7 Å². The first-order valence-corrected chi connectivity index (χ1v) is 11.2. The molecule has 0 fully saturated rings. The van der Waals surface area contributed by atoms with Crippen molar-refractivity contribution < 1.29 is 14.0 Å². The number of alkyl halides is 1. The molecule has 0 aliphatic carbocycles. The van der Waals surface area contributed by atoms with E-state index in [9.17, 15) is 9.59 Å². The Kier molecular flexibility index (Phi) is 5.71. The third-order valence-electron chi connectivity index (χ3n) is 5.24. The molecule has 2 amide bonds. The van der Waals surface area contributed by atoms with Gasteiger partial charge in [-0.25, -0.2) is 0 Å². The van der Waals surface area contributed by atoms with Gasteiger partial charge in [-0.15, -0.1) is 22.9 Å². The SMILES string of the molecule is CC(C)(CCl)C(=O)Nc1cccc(-c2cc3c(o2)CCN(C(=O)c2cccs2)C3)c1. The second-order valence-corrected chi connectivity index (χ2v) is 9.28. The van der Waals surface area contributed by atoms with Crippen LogP contribution in [-0.4, -0.2) is 29.1 Å². The summed E-state index contributed by atoms with van der Waals surface area (Å²) in [7, 11) is 0. The maximum atomic E-state index is 12.7. The molecule has 0 unspecified atom stereocenters. The van der Waals surface area contributed by atoms with E-state index in [1.54, 1.807) is 0 Å². The predicted octanol–water partition coefficient (Wildman–Crippen LogP) is 5.41. The van der Waals surface area contributed by atoms with Gasteiger partial charge in [0.05, 0.1) is 10.3 Å². The highest BCUT2D eigenvalue weighted by atomic mass is 35.5. The van der Waals surface area contributed by atoms with Crippen molar-refractivity contribution in [3.8, 4) is 11.3 Å². The van der Waals surface area contributed by atoms with Crippen LogP contribution >= 0.6 is 22.9 Å². The van der Waals surface area contributed by atoms with E-state index in [1.807, 2.05) is 66.6 Å². The van der Waals surface area contributed by atoms with Crippen LogP contribution in [0.2, 0.25) is 0 Å². The molecule has 1 aromatic carbocycles. The Hall–Kier alpha value is -2.57. The monoisotopic (exact) mass is 442 g/mol. The number of anilines is 1. The zero-order valence-corrected chi connectivity index (χ0v) is 18.5. The van der Waals surface area contributed by atoms with Gasteiger partial charge in [-0.3, -0.25) is 9.59 Å². The van der Waals surface area contributed by atoms with Crippen LogP contribution in [0.1, 0.15) is 34.8 Å². The molecule has 3 heterocycles. The summed E-state index contributed by atoms with van der Waals surface area (Å²) in [5.41, 5.74) is 1.94. The largest absolute Gasteiger partial charge is 0.461 e. The number of nitrogens with zero attached hydrogens (tertiary/aromatic N) is 1. The van der Waals surface area contributed by atoms with E-state index >= 15 is 0 Å². The summed E-state index contributed by atoms with van der Waals surface area (Å²) in [4.78, 5) is 27.7. The number of amides is 2. The molecule has 0 saturated carbocycles. The Bertz CT molecular complexity index is 1070. The molecule has 0 spiro atoms. The van der Waals surface area contributed by atoms with Crippen molar-refractivity contribution in [2.75, 3.05) is 17.7 Å². The zero-order chi connectivity index (χ0) is 21.3. The number of furan rings is 1. The number of carbonyl (C=O) groups is 2. The molecule has 0 atom stereocenters. The van der Waals surface area contributed by atoms with Gasteiger partial charge in [-0.2, -0.15) is 0 Å². The number of nitrogens with one attached hydrogen (secondary N) is 1. The fraction of sp³-hybridized carbons (Fsp3) is 0.304. The molecule has 0 radical (unpaired) electrons. The molecule has 30 heavy (non-hydrogen) atoms. The maximum Gasteiger partial charge on any atom is 0.264 e. The molecule has 4 rings (SSSR count). The number of hydrogen-bond donors (Lipinski definition) is 1. The molecule has 5 nitrogen and oxygen atoms in total. The summed E-state index contributed by atoms with van der Waals surface area (Å²) in [6.07, 6.45) is 0.687. The van der Waals surface area contributed by atoms with Gasteiger partial charge in [-0.05, 0) is 43.5 Å². The molecule has 0 bridgehead atoms. The van der Waals surface area contributed by atoms with Crippen molar-refractivity contribution in [1.82, 2.24) is 4.90 Å². The first kappa shape index (κ1) is 20.7. The minimum atomic E-state index is -0.653. The second-order valence-electron chi connectivity index (χ2n) is 8.07. The summed E-state index contributed by atoms with van der Waals surface area (Å²) in [5.74, 6) is 1.82. The zero-order valence-electron chi connectivity index (χ0n) is 16.9. The van der Waals surface area contributed by atoms with E-state index in [4.69, 9.17) is 16.0 Å². The van der Waals surface area contributed by atoms with Crippen molar-refractivity contribution in [3.63, 3.8) is 0 Å². The second kappa shape index (κ2) is 8.28. The van der Waals surface area contributed by atoms with E-state index in [0.717, 1.165) is 27.5 Å². The predicted molar refractivity (Wildman–Crippen MR) is 120 cm³/mol. The number of fused-ring (bicyclic) bond motifs is 1. The Balaban J connectivity index is 1.52. The summed E-state index contributed by atoms with van der Waals surface area (Å²) in [5, 5.41) is 4.84. The fourth-order valence-corrected chi connectivity index (χ4v) is 4.13. The number of halogens is 1. The molecule has 0 saturated heterocycles. The van der Waals surface area contributed by atoms with Crippen LogP contribution in [-0.2, 0) is 17.8 Å². The molecule has 7 heteroatoms. The summed E-state index contributed by atoms with van der Waals surface area (Å²) in [6.45, 7) is 4.79. The third-order valence-corrected chi connectivity index (χ3v) is 6.77. The van der Waals surface area contributed by atoms with Crippen LogP contribution in [0.15, 0.2) is 52.3 Å². The van der Waals surface area contributed by atoms with Gasteiger partial charge < -0.3 is 14.6 Å². The molecule has 1 aliphatic heterocycles. The molecule has 2 aromatic heterocycles. The number of rotatable bonds is 5. The summed E-state index contributed by atoms with van der Waals surface area (Å²) >= 11 is 7.36. The lowest BCUT2D eigenvalue weighted by atomic mass is 9.95. The number of hydrogen-bond acceptors (Lipinski definition) is 4. The highest BCUT2D eigenvalue weighted by Crippen LogP contribution is 2.32. The molecular formula is C23H23ClN2O3S. The topological polar surface area (TPSA) is 62.6 Å². The quantitative estimate of drug-likeness (QED) is 0.537. The van der Waals surface area contributed by atoms with E-state index in [1.165, 1.54) is 11.3 Å². The standard InChI is InChI=1S/C23H23ClN2O3S/c1-23(2,14-24)22(28)25-17-6-3-5-15(11-17)19-12-16-13-26(9-8-18(16)29-19)21(27)20-7-4-10-30-20/h3-7,10-12H,8-9,13-14H2,1-2H3,(H,25,28). The average Bonchev–Trinajstić information content (AvgIpc) is 3.42. The van der Waals surface area contributed by atoms with Gasteiger partial charge in [0.2, 0.25) is 5.91 Å². The lowest BCUT2D eigenvalue weighted by molar-refractivity contribution is -0.122. The van der Waals surface area contributed by atoms with Gasteiger partial charge in [0.15, 0.2) is 0 Å². The molecular weight excluding hydrogens is 420 g/mol. The van der Waals surface area contributed by atoms with Crippen LogP contribution in [0, 0.1) is 5.41 Å². The summed E-state index contributed by atoms with van der Waals surface area (Å²) in [6, 6.07) is 13.3. The van der Waals surface area contributed by atoms with E-state index < -0.39 is 5.41 Å². The van der Waals surface area contributed by atoms with Gasteiger partial charge >= 0.3 is 0 Å². The Morgan fingerprint density at radius 3 is 2.80 bits per heavy atom. The van der Waals surface area contributed by atoms with Crippen LogP contribution in [0.5, 0.6) is 0 Å². The average molecular weight is 443 g/mol. The Morgan fingerprint density at radius 2 is 2.07 bits per heavy atom. The number of benzene rings is 1. The van der Waals surface area contributed by atoms with E-state index in [0.29, 0.717) is 25.2 Å². The fourth-order valence-electron chi connectivity index (χ4n) is 3.32. The maximum absolute atomic E-state index is 12.7. The smallest absolute Gasteiger partial charge is 0.264 e. The van der Waals surface area contributed by atoms with Crippen molar-refractivity contribution in [2.24, 2.45) is 5.41 Å². The van der Waals surface area contributed by atoms with Gasteiger partial charge in [0, 0.05) is 42.2 Å². The Morgan fingerprint density at radius 1 is 1.23 bits per heavy atom. The van der Waals surface area contributed by atoms with Crippen LogP contribution in [0.25, 0.3) is 11.3 Å². The first-order valence-electron chi connectivity index (χ1n) is 9.79. The van der Waals surface area contributed by atoms with Crippen molar-refractivity contribution in [3.05, 3.63) is 64.0 Å². The minimum Gasteiger partial charge on any atom is -0.461 e. The highest BCUT2D eigenvalue weighted by Gasteiger charge is 2.27. The van der Waals surface area contributed by atoms with E-state index in [2.05, 4.69) is 5.32 Å². The normalized spacial score (nSPS) is 13.8. The van der Waals surface area contributed by atoms with Crippen molar-refractivity contribution in [2.45, 2.75) is 26.8 Å². The lowest BCUT2D eigenvalue weighted by Gasteiger charge is -2.25. The molecule has 3 aromatic rings. The van der Waals surface area contributed by atoms with Crippen LogP contribution in [0.4, 0.5) is 5.69 Å². The van der Waals surface area contributed by atoms with Crippen LogP contribution < -0.4 is 5.32 Å². The molecule has 1 N–H and O–H groups in total. The molecule has 1 aliphatic rings. The highest BCUT2D eigenvalue weighted by molar-refractivity contribution is 7.12. The van der Waals surface area contributed by atoms with Crippen molar-refractivity contribution >= 4 is 40.4 Å². The van der Waals surface area contributed by atoms with Crippen LogP contribution in [0.3, 0.4) is 0 Å². The Labute approximate surface area is 184 Å². The summed E-state index contributed by atoms with van der Waals surface area (Å²) < 4.78 is 6.09. The minimum absolute atomic E-state index is 0.0602. The van der Waals surface area contributed by atoms with Gasteiger partial charge in [0.25, 0.3) is 5.91 Å². The van der Waals surface area contributed by atoms with Gasteiger partial charge in [-0.1, -0.05) is 18.2 Å². The number of carbonyl (C=O) groups excluding carboxylic acids is 2. The van der Waals surface area contributed by atoms with Gasteiger partial charge in [0.1, 0.15) is 11.5 Å². The lowest BCUT2D eigenvalue weighted by Crippen LogP contribution is -2.35. The number of thiophene rings is 1.